The Balaban J connectivity index is 2.13. The highest BCUT2D eigenvalue weighted by Crippen LogP contribution is 2.20. The average Bonchev–Trinajstić information content (AvgIpc) is 2.76. The summed E-state index contributed by atoms with van der Waals surface area (Å²) < 4.78 is 2.29. The van der Waals surface area contributed by atoms with Gasteiger partial charge in [0.05, 0.1) is 16.9 Å². The van der Waals surface area contributed by atoms with Gasteiger partial charge in [0, 0.05) is 6.54 Å². The Labute approximate surface area is 124 Å². The molecule has 0 fully saturated rings. The van der Waals surface area contributed by atoms with Crippen LogP contribution >= 0.6 is 23.4 Å². The molecule has 19 heavy (non-hydrogen) atoms. The van der Waals surface area contributed by atoms with E-state index in [0.29, 0.717) is 5.88 Å². The second kappa shape index (κ2) is 7.20. The predicted octanol–water partition coefficient (Wildman–Crippen LogP) is 4.62. The average molecular weight is 297 g/mol. The molecule has 0 spiro atoms. The molecular weight excluding hydrogens is 276 g/mol. The van der Waals surface area contributed by atoms with Crippen molar-refractivity contribution in [3.63, 3.8) is 0 Å². The molecule has 2 nitrogen and oxygen atoms in total. The minimum absolute atomic E-state index is 0.485. The van der Waals surface area contributed by atoms with Crippen molar-refractivity contribution >= 4 is 34.4 Å². The van der Waals surface area contributed by atoms with E-state index in [0.717, 1.165) is 17.9 Å². The van der Waals surface area contributed by atoms with Gasteiger partial charge in [-0.2, -0.15) is 11.8 Å². The number of alkyl halides is 1. The smallest absolute Gasteiger partial charge is 0.124 e. The van der Waals surface area contributed by atoms with Crippen LogP contribution in [-0.4, -0.2) is 21.6 Å². The lowest BCUT2D eigenvalue weighted by atomic mass is 10.2. The number of nitrogens with zero attached hydrogens (tertiary/aromatic N) is 2. The number of rotatable bonds is 7. The third-order valence-electron chi connectivity index (χ3n) is 3.33. The van der Waals surface area contributed by atoms with Crippen LogP contribution in [0.2, 0.25) is 0 Å². The summed E-state index contributed by atoms with van der Waals surface area (Å²) in [5.74, 6) is 2.73. The predicted molar refractivity (Wildman–Crippen MR) is 86.3 cm³/mol. The van der Waals surface area contributed by atoms with Crippen molar-refractivity contribution in [1.29, 1.82) is 0 Å². The van der Waals surface area contributed by atoms with Gasteiger partial charge in [0.15, 0.2) is 0 Å². The van der Waals surface area contributed by atoms with E-state index < -0.39 is 0 Å². The minimum Gasteiger partial charge on any atom is -0.327 e. The number of benzene rings is 1. The maximum absolute atomic E-state index is 6.02. The first-order chi connectivity index (χ1) is 9.26. The van der Waals surface area contributed by atoms with E-state index in [1.165, 1.54) is 36.1 Å². The molecular formula is C15H21ClN2S. The molecule has 0 amide bonds. The van der Waals surface area contributed by atoms with Crippen molar-refractivity contribution in [1.82, 2.24) is 9.55 Å². The number of imidazole rings is 1. The first kappa shape index (κ1) is 14.7. The molecule has 0 aliphatic rings. The Morgan fingerprint density at radius 2 is 2.11 bits per heavy atom. The zero-order valence-corrected chi connectivity index (χ0v) is 13.2. The van der Waals surface area contributed by atoms with Crippen LogP contribution in [0.15, 0.2) is 18.2 Å². The molecule has 1 aromatic carbocycles. The molecule has 1 heterocycles. The molecule has 0 radical (unpaired) electrons. The van der Waals surface area contributed by atoms with Gasteiger partial charge >= 0.3 is 0 Å². The highest BCUT2D eigenvalue weighted by atomic mass is 35.5. The molecule has 0 unspecified atom stereocenters. The molecule has 0 atom stereocenters. The normalized spacial score (nSPS) is 11.3. The molecule has 104 valence electrons. The molecule has 0 aliphatic heterocycles. The van der Waals surface area contributed by atoms with E-state index in [9.17, 15) is 0 Å². The monoisotopic (exact) mass is 296 g/mol. The largest absolute Gasteiger partial charge is 0.327 e. The highest BCUT2D eigenvalue weighted by Gasteiger charge is 2.09. The zero-order valence-electron chi connectivity index (χ0n) is 11.7. The summed E-state index contributed by atoms with van der Waals surface area (Å²) in [4.78, 5) is 4.61. The lowest BCUT2D eigenvalue weighted by Crippen LogP contribution is -2.02. The molecule has 2 rings (SSSR count). The first-order valence-electron chi connectivity index (χ1n) is 6.77. The van der Waals surface area contributed by atoms with E-state index in [1.807, 2.05) is 11.8 Å². The SMILES string of the molecule is CSCCCCCn1c(CCl)nc2ccc(C)cc21. The minimum atomic E-state index is 0.485. The summed E-state index contributed by atoms with van der Waals surface area (Å²) >= 11 is 7.94. The van der Waals surface area contributed by atoms with Crippen molar-refractivity contribution in [2.24, 2.45) is 0 Å². The Bertz CT molecular complexity index is 536. The molecule has 2 aromatic rings. The van der Waals surface area contributed by atoms with E-state index in [-0.39, 0.29) is 0 Å². The highest BCUT2D eigenvalue weighted by molar-refractivity contribution is 7.98. The summed E-state index contributed by atoms with van der Waals surface area (Å²) in [6.07, 6.45) is 5.93. The maximum atomic E-state index is 6.02. The van der Waals surface area contributed by atoms with Gasteiger partial charge in [0.1, 0.15) is 5.82 Å². The molecule has 0 N–H and O–H groups in total. The van der Waals surface area contributed by atoms with Gasteiger partial charge < -0.3 is 4.57 Å². The van der Waals surface area contributed by atoms with Gasteiger partial charge in [-0.25, -0.2) is 4.98 Å². The van der Waals surface area contributed by atoms with Gasteiger partial charge in [-0.05, 0) is 49.5 Å². The number of hydrogen-bond acceptors (Lipinski definition) is 2. The lowest BCUT2D eigenvalue weighted by molar-refractivity contribution is 0.602. The van der Waals surface area contributed by atoms with Crippen LogP contribution in [0.3, 0.4) is 0 Å². The second-order valence-corrected chi connectivity index (χ2v) is 6.11. The fourth-order valence-corrected chi connectivity index (χ4v) is 3.02. The summed E-state index contributed by atoms with van der Waals surface area (Å²) in [6.45, 7) is 3.14. The summed E-state index contributed by atoms with van der Waals surface area (Å²) in [6, 6.07) is 6.40. The van der Waals surface area contributed by atoms with Crippen molar-refractivity contribution in [2.45, 2.75) is 38.6 Å². The van der Waals surface area contributed by atoms with Gasteiger partial charge in [-0.3, -0.25) is 0 Å². The molecule has 4 heteroatoms. The summed E-state index contributed by atoms with van der Waals surface area (Å²) in [5, 5.41) is 0. The van der Waals surface area contributed by atoms with Crippen LogP contribution < -0.4 is 0 Å². The maximum Gasteiger partial charge on any atom is 0.124 e. The van der Waals surface area contributed by atoms with E-state index in [2.05, 4.69) is 40.9 Å². The summed E-state index contributed by atoms with van der Waals surface area (Å²) in [7, 11) is 0. The van der Waals surface area contributed by atoms with Crippen LogP contribution in [0.1, 0.15) is 30.7 Å². The fraction of sp³-hybridized carbons (Fsp3) is 0.533. The van der Waals surface area contributed by atoms with E-state index in [1.54, 1.807) is 0 Å². The van der Waals surface area contributed by atoms with E-state index in [4.69, 9.17) is 11.6 Å². The van der Waals surface area contributed by atoms with Gasteiger partial charge in [-0.15, -0.1) is 11.6 Å². The van der Waals surface area contributed by atoms with Gasteiger partial charge in [0.2, 0.25) is 0 Å². The van der Waals surface area contributed by atoms with E-state index >= 15 is 0 Å². The Morgan fingerprint density at radius 1 is 1.26 bits per heavy atom. The molecule has 0 bridgehead atoms. The first-order valence-corrected chi connectivity index (χ1v) is 8.69. The number of halogens is 1. The van der Waals surface area contributed by atoms with Gasteiger partial charge in [0.25, 0.3) is 0 Å². The third-order valence-corrected chi connectivity index (χ3v) is 4.27. The Morgan fingerprint density at radius 3 is 2.84 bits per heavy atom. The van der Waals surface area contributed by atoms with Crippen molar-refractivity contribution < 1.29 is 0 Å². The zero-order chi connectivity index (χ0) is 13.7. The Kier molecular flexibility index (Phi) is 5.59. The lowest BCUT2D eigenvalue weighted by Gasteiger charge is -2.07. The molecule has 0 saturated carbocycles. The van der Waals surface area contributed by atoms with Crippen LogP contribution in [0.25, 0.3) is 11.0 Å². The van der Waals surface area contributed by atoms with Crippen molar-refractivity contribution in [2.75, 3.05) is 12.0 Å². The summed E-state index contributed by atoms with van der Waals surface area (Å²) in [5.41, 5.74) is 3.56. The Hall–Kier alpha value is -0.670. The number of aromatic nitrogens is 2. The molecule has 0 saturated heterocycles. The number of fused-ring (bicyclic) bond motifs is 1. The second-order valence-electron chi connectivity index (χ2n) is 4.86. The quantitative estimate of drug-likeness (QED) is 0.548. The van der Waals surface area contributed by atoms with Gasteiger partial charge in [-0.1, -0.05) is 12.5 Å². The number of aryl methyl sites for hydroxylation is 2. The molecule has 0 aliphatic carbocycles. The number of thioether (sulfide) groups is 1. The topological polar surface area (TPSA) is 17.8 Å². The van der Waals surface area contributed by atoms with Crippen LogP contribution in [0.4, 0.5) is 0 Å². The van der Waals surface area contributed by atoms with Crippen LogP contribution in [-0.2, 0) is 12.4 Å². The van der Waals surface area contributed by atoms with Crippen LogP contribution in [0.5, 0.6) is 0 Å². The number of hydrogen-bond donors (Lipinski definition) is 0. The molecule has 1 aromatic heterocycles. The number of unbranched alkanes of at least 4 members (excludes halogenated alkanes) is 2. The van der Waals surface area contributed by atoms with Crippen molar-refractivity contribution in [3.05, 3.63) is 29.6 Å². The van der Waals surface area contributed by atoms with Crippen molar-refractivity contribution in [3.8, 4) is 0 Å². The standard InChI is InChI=1S/C15H21ClN2S/c1-12-6-7-13-14(10-12)18(15(11-16)17-13)8-4-3-5-9-19-2/h6-7,10H,3-5,8-9,11H2,1-2H3. The fourth-order valence-electron chi connectivity index (χ4n) is 2.33. The van der Waals surface area contributed by atoms with Crippen LogP contribution in [0, 0.1) is 6.92 Å². The third kappa shape index (κ3) is 3.67.